The maximum absolute atomic E-state index is 5.80. The highest BCUT2D eigenvalue weighted by Crippen LogP contribution is 2.24. The Morgan fingerprint density at radius 2 is 2.15 bits per heavy atom. The quantitative estimate of drug-likeness (QED) is 0.803. The second-order valence-electron chi connectivity index (χ2n) is 2.27. The molecule has 0 aliphatic rings. The second-order valence-corrected chi connectivity index (χ2v) is 4.07. The zero-order chi connectivity index (χ0) is 9.26. The molecule has 0 aliphatic carbocycles. The first-order valence-corrected chi connectivity index (χ1v) is 5.27. The van der Waals surface area contributed by atoms with Crippen LogP contribution in [0.1, 0.15) is 0 Å². The van der Waals surface area contributed by atoms with Gasteiger partial charge in [-0.05, 0) is 28.1 Å². The maximum atomic E-state index is 5.80. The molecule has 6 heteroatoms. The smallest absolute Gasteiger partial charge is 0.172 e. The molecule has 2 aromatic rings. The van der Waals surface area contributed by atoms with Gasteiger partial charge in [-0.2, -0.15) is 8.75 Å². The van der Waals surface area contributed by atoms with Crippen LogP contribution in [0.2, 0.25) is 5.15 Å². The van der Waals surface area contributed by atoms with Crippen LogP contribution in [0, 0.1) is 0 Å². The SMILES string of the molecule is Clc1nsnc1-c1ccc(Br)cn1. The summed E-state index contributed by atoms with van der Waals surface area (Å²) >= 11 is 10.2. The standard InChI is InChI=1S/C7H3BrClN3S/c8-4-1-2-5(10-3-4)6-7(9)12-13-11-6/h1-3H. The van der Waals surface area contributed by atoms with E-state index in [1.807, 2.05) is 12.1 Å². The van der Waals surface area contributed by atoms with Gasteiger partial charge < -0.3 is 0 Å². The Morgan fingerprint density at radius 3 is 2.69 bits per heavy atom. The first kappa shape index (κ1) is 9.05. The lowest BCUT2D eigenvalue weighted by molar-refractivity contribution is 1.28. The molecule has 2 rings (SSSR count). The largest absolute Gasteiger partial charge is 0.253 e. The van der Waals surface area contributed by atoms with Gasteiger partial charge in [-0.25, -0.2) is 0 Å². The monoisotopic (exact) mass is 275 g/mol. The summed E-state index contributed by atoms with van der Waals surface area (Å²) in [5.74, 6) is 0. The predicted octanol–water partition coefficient (Wildman–Crippen LogP) is 3.02. The Labute approximate surface area is 92.2 Å². The Kier molecular flexibility index (Phi) is 2.57. The van der Waals surface area contributed by atoms with E-state index in [9.17, 15) is 0 Å². The van der Waals surface area contributed by atoms with Gasteiger partial charge in [0.25, 0.3) is 0 Å². The van der Waals surface area contributed by atoms with Gasteiger partial charge >= 0.3 is 0 Å². The predicted molar refractivity (Wildman–Crippen MR) is 55.9 cm³/mol. The fourth-order valence-corrected chi connectivity index (χ4v) is 1.82. The van der Waals surface area contributed by atoms with Gasteiger partial charge in [0.1, 0.15) is 5.69 Å². The van der Waals surface area contributed by atoms with Crippen molar-refractivity contribution in [1.82, 2.24) is 13.7 Å². The van der Waals surface area contributed by atoms with Crippen LogP contribution < -0.4 is 0 Å². The first-order valence-electron chi connectivity index (χ1n) is 3.37. The summed E-state index contributed by atoms with van der Waals surface area (Å²) in [7, 11) is 0. The molecule has 0 aliphatic heterocycles. The van der Waals surface area contributed by atoms with Gasteiger partial charge in [-0.3, -0.25) is 4.98 Å². The second kappa shape index (κ2) is 3.69. The van der Waals surface area contributed by atoms with E-state index < -0.39 is 0 Å². The molecule has 0 bridgehead atoms. The molecule has 66 valence electrons. The number of halogens is 2. The van der Waals surface area contributed by atoms with E-state index in [0.29, 0.717) is 10.8 Å². The molecule has 13 heavy (non-hydrogen) atoms. The third-order valence-electron chi connectivity index (χ3n) is 1.42. The number of rotatable bonds is 1. The Morgan fingerprint density at radius 1 is 1.31 bits per heavy atom. The lowest BCUT2D eigenvalue weighted by Crippen LogP contribution is -1.82. The normalized spacial score (nSPS) is 10.3. The summed E-state index contributed by atoms with van der Waals surface area (Å²) in [5, 5.41) is 0.403. The average molecular weight is 277 g/mol. The summed E-state index contributed by atoms with van der Waals surface area (Å²) < 4.78 is 8.82. The van der Waals surface area contributed by atoms with Crippen molar-refractivity contribution in [3.63, 3.8) is 0 Å². The van der Waals surface area contributed by atoms with E-state index in [1.165, 1.54) is 0 Å². The molecule has 0 fully saturated rings. The third-order valence-corrected chi connectivity index (χ3v) is 2.78. The number of aromatic nitrogens is 3. The van der Waals surface area contributed by atoms with Crippen LogP contribution in [-0.4, -0.2) is 13.7 Å². The lowest BCUT2D eigenvalue weighted by atomic mass is 10.3. The van der Waals surface area contributed by atoms with Crippen molar-refractivity contribution >= 4 is 39.3 Å². The minimum Gasteiger partial charge on any atom is -0.253 e. The van der Waals surface area contributed by atoms with E-state index in [0.717, 1.165) is 21.9 Å². The molecule has 2 heterocycles. The van der Waals surface area contributed by atoms with Crippen LogP contribution >= 0.6 is 39.3 Å². The van der Waals surface area contributed by atoms with Crippen molar-refractivity contribution in [1.29, 1.82) is 0 Å². The maximum Gasteiger partial charge on any atom is 0.172 e. The summed E-state index contributed by atoms with van der Waals surface area (Å²) in [6, 6.07) is 3.73. The summed E-state index contributed by atoms with van der Waals surface area (Å²) in [6.07, 6.45) is 1.70. The Bertz CT molecular complexity index is 414. The summed E-state index contributed by atoms with van der Waals surface area (Å²) in [4.78, 5) is 4.15. The van der Waals surface area contributed by atoms with E-state index in [4.69, 9.17) is 11.6 Å². The van der Waals surface area contributed by atoms with Crippen molar-refractivity contribution in [2.24, 2.45) is 0 Å². The molecule has 0 N–H and O–H groups in total. The molecule has 0 unspecified atom stereocenters. The minimum absolute atomic E-state index is 0.403. The van der Waals surface area contributed by atoms with E-state index >= 15 is 0 Å². The molecule has 0 radical (unpaired) electrons. The minimum atomic E-state index is 0.403. The molecule has 0 amide bonds. The topological polar surface area (TPSA) is 38.7 Å². The van der Waals surface area contributed by atoms with Gasteiger partial charge in [0.05, 0.1) is 17.4 Å². The van der Waals surface area contributed by atoms with Gasteiger partial charge in [0, 0.05) is 10.7 Å². The van der Waals surface area contributed by atoms with Crippen LogP contribution in [0.3, 0.4) is 0 Å². The lowest BCUT2D eigenvalue weighted by Gasteiger charge is -1.94. The molecular weight excluding hydrogens is 274 g/mol. The van der Waals surface area contributed by atoms with Crippen LogP contribution in [0.5, 0.6) is 0 Å². The molecule has 0 spiro atoms. The highest BCUT2D eigenvalue weighted by atomic mass is 79.9. The fourth-order valence-electron chi connectivity index (χ4n) is 0.846. The number of hydrogen-bond donors (Lipinski definition) is 0. The number of nitrogens with zero attached hydrogens (tertiary/aromatic N) is 3. The van der Waals surface area contributed by atoms with Crippen LogP contribution in [0.25, 0.3) is 11.4 Å². The van der Waals surface area contributed by atoms with Gasteiger partial charge in [0.15, 0.2) is 5.15 Å². The number of pyridine rings is 1. The van der Waals surface area contributed by atoms with Gasteiger partial charge in [-0.1, -0.05) is 11.6 Å². The van der Waals surface area contributed by atoms with Crippen LogP contribution in [0.15, 0.2) is 22.8 Å². The van der Waals surface area contributed by atoms with Crippen molar-refractivity contribution in [2.75, 3.05) is 0 Å². The highest BCUT2D eigenvalue weighted by molar-refractivity contribution is 9.10. The zero-order valence-electron chi connectivity index (χ0n) is 6.24. The van der Waals surface area contributed by atoms with Gasteiger partial charge in [0.2, 0.25) is 0 Å². The summed E-state index contributed by atoms with van der Waals surface area (Å²) in [6.45, 7) is 0. The molecule has 3 nitrogen and oxygen atoms in total. The first-order chi connectivity index (χ1) is 6.27. The Hall–Kier alpha value is -0.520. The van der Waals surface area contributed by atoms with Crippen LogP contribution in [-0.2, 0) is 0 Å². The van der Waals surface area contributed by atoms with E-state index in [-0.39, 0.29) is 0 Å². The molecular formula is C7H3BrClN3S. The fraction of sp³-hybridized carbons (Fsp3) is 0. The van der Waals surface area contributed by atoms with Gasteiger partial charge in [-0.15, -0.1) is 0 Å². The van der Waals surface area contributed by atoms with Crippen molar-refractivity contribution in [2.45, 2.75) is 0 Å². The average Bonchev–Trinajstić information content (AvgIpc) is 2.53. The highest BCUT2D eigenvalue weighted by Gasteiger charge is 2.08. The van der Waals surface area contributed by atoms with Crippen LogP contribution in [0.4, 0.5) is 0 Å². The Balaban J connectivity index is 2.47. The molecule has 0 atom stereocenters. The van der Waals surface area contributed by atoms with Crippen molar-refractivity contribution < 1.29 is 0 Å². The van der Waals surface area contributed by atoms with E-state index in [1.54, 1.807) is 6.20 Å². The van der Waals surface area contributed by atoms with Crippen molar-refractivity contribution in [3.8, 4) is 11.4 Å². The molecule has 2 aromatic heterocycles. The molecule has 0 saturated heterocycles. The van der Waals surface area contributed by atoms with Crippen molar-refractivity contribution in [3.05, 3.63) is 28.0 Å². The molecule has 0 saturated carbocycles. The molecule has 0 aromatic carbocycles. The van der Waals surface area contributed by atoms with E-state index in [2.05, 4.69) is 29.7 Å². The number of hydrogen-bond acceptors (Lipinski definition) is 4. The zero-order valence-corrected chi connectivity index (χ0v) is 9.40. The summed E-state index contributed by atoms with van der Waals surface area (Å²) in [5.41, 5.74) is 1.38. The third kappa shape index (κ3) is 1.87.